The normalized spacial score (nSPS) is 21.8. The van der Waals surface area contributed by atoms with Gasteiger partial charge in [-0.05, 0) is 45.7 Å². The van der Waals surface area contributed by atoms with Crippen LogP contribution in [0.4, 0.5) is 0 Å². The minimum absolute atomic E-state index is 0.504. The van der Waals surface area contributed by atoms with Crippen LogP contribution >= 0.6 is 0 Å². The number of hydrogen-bond donors (Lipinski definition) is 0. The number of likely N-dealkylation sites (tertiary alicyclic amines) is 1. The van der Waals surface area contributed by atoms with Crippen molar-refractivity contribution < 1.29 is 0 Å². The summed E-state index contributed by atoms with van der Waals surface area (Å²) in [6, 6.07) is 0. The summed E-state index contributed by atoms with van der Waals surface area (Å²) in [5.41, 5.74) is 0.504. The van der Waals surface area contributed by atoms with Crippen LogP contribution in [0.2, 0.25) is 0 Å². The molecule has 1 fully saturated rings. The second-order valence-electron chi connectivity index (χ2n) is 5.36. The Hall–Kier alpha value is -0.0400. The van der Waals surface area contributed by atoms with E-state index in [1.807, 2.05) is 0 Å². The molecule has 0 N–H and O–H groups in total. The van der Waals surface area contributed by atoms with Gasteiger partial charge in [-0.1, -0.05) is 39.5 Å². The van der Waals surface area contributed by atoms with E-state index in [1.165, 1.54) is 64.5 Å². The second-order valence-corrected chi connectivity index (χ2v) is 5.36. The summed E-state index contributed by atoms with van der Waals surface area (Å²) in [5.74, 6) is 0. The maximum Gasteiger partial charge on any atom is 0.0178 e. The zero-order valence-electron chi connectivity index (χ0n) is 11.0. The second kappa shape index (κ2) is 6.52. The lowest BCUT2D eigenvalue weighted by Gasteiger charge is -2.38. The lowest BCUT2D eigenvalue weighted by Crippen LogP contribution is -2.44. The summed E-state index contributed by atoms with van der Waals surface area (Å²) in [6.45, 7) is 9.82. The first-order chi connectivity index (χ1) is 7.23. The van der Waals surface area contributed by atoms with Crippen molar-refractivity contribution in [2.24, 2.45) is 0 Å². The van der Waals surface area contributed by atoms with Gasteiger partial charge in [-0.2, -0.15) is 0 Å². The summed E-state index contributed by atoms with van der Waals surface area (Å²) >= 11 is 0. The molecule has 90 valence electrons. The quantitative estimate of drug-likeness (QED) is 0.570. The van der Waals surface area contributed by atoms with Crippen LogP contribution in [0.15, 0.2) is 0 Å². The van der Waals surface area contributed by atoms with E-state index in [2.05, 4.69) is 25.7 Å². The van der Waals surface area contributed by atoms with Crippen LogP contribution in [-0.2, 0) is 0 Å². The van der Waals surface area contributed by atoms with Crippen molar-refractivity contribution in [3.63, 3.8) is 0 Å². The summed E-state index contributed by atoms with van der Waals surface area (Å²) in [5, 5.41) is 0. The van der Waals surface area contributed by atoms with Crippen LogP contribution in [-0.4, -0.2) is 23.5 Å². The number of nitrogens with zero attached hydrogens (tertiary/aromatic N) is 1. The Kier molecular flexibility index (Phi) is 5.66. The third kappa shape index (κ3) is 3.79. The molecule has 1 heterocycles. The summed E-state index contributed by atoms with van der Waals surface area (Å²) in [7, 11) is 0. The zero-order valence-corrected chi connectivity index (χ0v) is 11.0. The topological polar surface area (TPSA) is 3.24 Å². The van der Waals surface area contributed by atoms with Gasteiger partial charge >= 0.3 is 0 Å². The van der Waals surface area contributed by atoms with E-state index in [-0.39, 0.29) is 0 Å². The van der Waals surface area contributed by atoms with Gasteiger partial charge in [0.05, 0.1) is 0 Å². The van der Waals surface area contributed by atoms with Crippen molar-refractivity contribution in [2.75, 3.05) is 13.1 Å². The van der Waals surface area contributed by atoms with Crippen molar-refractivity contribution in [3.05, 3.63) is 0 Å². The molecule has 1 unspecified atom stereocenters. The Bertz CT molecular complexity index is 161. The maximum atomic E-state index is 2.74. The molecule has 0 aliphatic carbocycles. The molecule has 0 aromatic rings. The van der Waals surface area contributed by atoms with Gasteiger partial charge in [-0.25, -0.2) is 0 Å². The molecule has 0 aromatic carbocycles. The Morgan fingerprint density at radius 1 is 1.00 bits per heavy atom. The van der Waals surface area contributed by atoms with E-state index in [9.17, 15) is 0 Å². The molecule has 0 amide bonds. The smallest absolute Gasteiger partial charge is 0.0178 e. The molecule has 1 aliphatic rings. The van der Waals surface area contributed by atoms with Crippen LogP contribution in [0.5, 0.6) is 0 Å². The van der Waals surface area contributed by atoms with Crippen LogP contribution in [0.1, 0.15) is 72.1 Å². The van der Waals surface area contributed by atoms with Gasteiger partial charge in [0.25, 0.3) is 0 Å². The molecular formula is C14H29N. The van der Waals surface area contributed by atoms with Crippen molar-refractivity contribution in [1.29, 1.82) is 0 Å². The van der Waals surface area contributed by atoms with Gasteiger partial charge in [0, 0.05) is 5.54 Å². The molecule has 1 heteroatoms. The van der Waals surface area contributed by atoms with Crippen LogP contribution in [0.3, 0.4) is 0 Å². The van der Waals surface area contributed by atoms with Crippen LogP contribution in [0.25, 0.3) is 0 Å². The average Bonchev–Trinajstić information content (AvgIpc) is 2.78. The van der Waals surface area contributed by atoms with E-state index in [0.29, 0.717) is 5.54 Å². The third-order valence-corrected chi connectivity index (χ3v) is 4.20. The van der Waals surface area contributed by atoms with E-state index >= 15 is 0 Å². The highest BCUT2D eigenvalue weighted by Crippen LogP contribution is 2.29. The molecule has 0 saturated carbocycles. The first kappa shape index (κ1) is 13.0. The summed E-state index contributed by atoms with van der Waals surface area (Å²) in [4.78, 5) is 2.74. The number of rotatable bonds is 7. The first-order valence-corrected chi connectivity index (χ1v) is 6.98. The Labute approximate surface area is 96.2 Å². The monoisotopic (exact) mass is 211 g/mol. The van der Waals surface area contributed by atoms with Crippen molar-refractivity contribution >= 4 is 0 Å². The highest BCUT2D eigenvalue weighted by atomic mass is 15.2. The van der Waals surface area contributed by atoms with Crippen molar-refractivity contribution in [1.82, 2.24) is 4.90 Å². The Morgan fingerprint density at radius 2 is 1.67 bits per heavy atom. The number of hydrogen-bond acceptors (Lipinski definition) is 1. The van der Waals surface area contributed by atoms with Gasteiger partial charge in [0.2, 0.25) is 0 Å². The molecular weight excluding hydrogens is 182 g/mol. The highest BCUT2D eigenvalue weighted by Gasteiger charge is 2.30. The molecule has 1 saturated heterocycles. The predicted molar refractivity (Wildman–Crippen MR) is 68.3 cm³/mol. The predicted octanol–water partition coefficient (Wildman–Crippen LogP) is 4.22. The largest absolute Gasteiger partial charge is 0.298 e. The minimum Gasteiger partial charge on any atom is -0.298 e. The first-order valence-electron chi connectivity index (χ1n) is 6.98. The van der Waals surface area contributed by atoms with Gasteiger partial charge < -0.3 is 0 Å². The SMILES string of the molecule is CCCCCCC(C)(CC)N1CCCC1. The fourth-order valence-corrected chi connectivity index (χ4v) is 2.75. The molecule has 0 bridgehead atoms. The Morgan fingerprint density at radius 3 is 2.20 bits per heavy atom. The molecule has 1 nitrogen and oxygen atoms in total. The summed E-state index contributed by atoms with van der Waals surface area (Å²) in [6.07, 6.45) is 11.2. The molecule has 1 atom stereocenters. The maximum absolute atomic E-state index is 2.74. The summed E-state index contributed by atoms with van der Waals surface area (Å²) < 4.78 is 0. The molecule has 1 rings (SSSR count). The van der Waals surface area contributed by atoms with E-state index in [0.717, 1.165) is 0 Å². The van der Waals surface area contributed by atoms with Gasteiger partial charge in [-0.15, -0.1) is 0 Å². The molecule has 0 aromatic heterocycles. The van der Waals surface area contributed by atoms with E-state index < -0.39 is 0 Å². The van der Waals surface area contributed by atoms with Crippen molar-refractivity contribution in [3.8, 4) is 0 Å². The highest BCUT2D eigenvalue weighted by molar-refractivity contribution is 4.87. The minimum atomic E-state index is 0.504. The fraction of sp³-hybridized carbons (Fsp3) is 1.00. The zero-order chi connectivity index (χ0) is 11.1. The fourth-order valence-electron chi connectivity index (χ4n) is 2.75. The molecule has 0 radical (unpaired) electrons. The van der Waals surface area contributed by atoms with E-state index in [1.54, 1.807) is 0 Å². The van der Waals surface area contributed by atoms with Crippen LogP contribution in [0, 0.1) is 0 Å². The van der Waals surface area contributed by atoms with Gasteiger partial charge in [-0.3, -0.25) is 4.90 Å². The van der Waals surface area contributed by atoms with Gasteiger partial charge in [0.15, 0.2) is 0 Å². The van der Waals surface area contributed by atoms with Gasteiger partial charge in [0.1, 0.15) is 0 Å². The molecule has 15 heavy (non-hydrogen) atoms. The average molecular weight is 211 g/mol. The third-order valence-electron chi connectivity index (χ3n) is 4.20. The van der Waals surface area contributed by atoms with Crippen molar-refractivity contribution in [2.45, 2.75) is 77.7 Å². The molecule has 0 spiro atoms. The lowest BCUT2D eigenvalue weighted by molar-refractivity contribution is 0.116. The Balaban J connectivity index is 2.30. The van der Waals surface area contributed by atoms with Crippen LogP contribution < -0.4 is 0 Å². The standard InChI is InChI=1S/C14H29N/c1-4-6-7-8-11-14(3,5-2)15-12-9-10-13-15/h4-13H2,1-3H3. The molecule has 1 aliphatic heterocycles. The number of unbranched alkanes of at least 4 members (excludes halogenated alkanes) is 3. The van der Waals surface area contributed by atoms with E-state index in [4.69, 9.17) is 0 Å². The lowest BCUT2D eigenvalue weighted by atomic mass is 9.89.